The van der Waals surface area contributed by atoms with Crippen LogP contribution in [0.3, 0.4) is 0 Å². The smallest absolute Gasteiger partial charge is 0.267 e. The Hall–Kier alpha value is -3.26. The number of amides is 2. The second kappa shape index (κ2) is 9.09. The maximum Gasteiger partial charge on any atom is 0.267 e. The lowest BCUT2D eigenvalue weighted by Crippen LogP contribution is -2.42. The van der Waals surface area contributed by atoms with Gasteiger partial charge in [-0.2, -0.15) is 0 Å². The number of halogens is 1. The maximum atomic E-state index is 13.0. The van der Waals surface area contributed by atoms with Crippen molar-refractivity contribution in [2.24, 2.45) is 0 Å². The van der Waals surface area contributed by atoms with Crippen LogP contribution >= 0.6 is 0 Å². The largest absolute Gasteiger partial charge is 0.367 e. The zero-order valence-corrected chi connectivity index (χ0v) is 15.1. The van der Waals surface area contributed by atoms with Crippen molar-refractivity contribution < 1.29 is 19.2 Å². The number of likely N-dealkylation sites (tertiary alicyclic amines) is 1. The van der Waals surface area contributed by atoms with E-state index in [-0.39, 0.29) is 17.8 Å². The van der Waals surface area contributed by atoms with E-state index >= 15 is 0 Å². The first-order valence-corrected chi connectivity index (χ1v) is 8.95. The third-order valence-corrected chi connectivity index (χ3v) is 4.55. The highest BCUT2D eigenvalue weighted by molar-refractivity contribution is 5.94. The first-order chi connectivity index (χ1) is 13.5. The second-order valence-electron chi connectivity index (χ2n) is 6.50. The normalized spacial score (nSPS) is 14.9. The van der Waals surface area contributed by atoms with E-state index in [1.165, 1.54) is 35.8 Å². The molecule has 0 radical (unpaired) electrons. The Morgan fingerprint density at radius 2 is 1.86 bits per heavy atom. The van der Waals surface area contributed by atoms with Crippen LogP contribution in [0.2, 0.25) is 0 Å². The van der Waals surface area contributed by atoms with Crippen molar-refractivity contribution in [1.82, 2.24) is 15.4 Å². The number of anilines is 1. The average Bonchev–Trinajstić information content (AvgIpc) is 2.73. The minimum Gasteiger partial charge on any atom is -0.367 e. The van der Waals surface area contributed by atoms with Gasteiger partial charge in [0.05, 0.1) is 0 Å². The fraction of sp³-hybridized carbons (Fsp3) is 0.250. The predicted octanol–water partition coefficient (Wildman–Crippen LogP) is 2.46. The summed E-state index contributed by atoms with van der Waals surface area (Å²) in [5.41, 5.74) is 2.75. The number of hydrogen-bond acceptors (Lipinski definition) is 5. The Morgan fingerprint density at radius 1 is 1.14 bits per heavy atom. The Morgan fingerprint density at radius 3 is 2.46 bits per heavy atom. The van der Waals surface area contributed by atoms with E-state index in [1.807, 2.05) is 12.1 Å². The highest BCUT2D eigenvalue weighted by atomic mass is 19.1. The van der Waals surface area contributed by atoms with E-state index < -0.39 is 5.91 Å². The van der Waals surface area contributed by atoms with Gasteiger partial charge in [0.2, 0.25) is 0 Å². The fourth-order valence-electron chi connectivity index (χ4n) is 3.01. The van der Waals surface area contributed by atoms with E-state index in [9.17, 15) is 14.0 Å². The molecule has 3 N–H and O–H groups in total. The first-order valence-electron chi connectivity index (χ1n) is 8.95. The molecule has 2 aromatic rings. The van der Waals surface area contributed by atoms with Crippen molar-refractivity contribution >= 4 is 23.7 Å². The zero-order chi connectivity index (χ0) is 19.9. The van der Waals surface area contributed by atoms with Gasteiger partial charge in [-0.1, -0.05) is 0 Å². The lowest BCUT2D eigenvalue weighted by Gasteiger charge is -2.32. The van der Waals surface area contributed by atoms with Crippen molar-refractivity contribution in [2.45, 2.75) is 18.9 Å². The third kappa shape index (κ3) is 5.14. The van der Waals surface area contributed by atoms with Crippen LogP contribution in [0, 0.1) is 5.82 Å². The molecule has 8 heteroatoms. The number of hydrogen-bond donors (Lipinski definition) is 3. The summed E-state index contributed by atoms with van der Waals surface area (Å²) in [5.74, 6) is -0.332. The molecule has 1 aromatic carbocycles. The standard InChI is InChI=1S/C20H21FN4O3/c21-16-5-3-15(4-6-16)20(27)25-11-9-17(10-12-25)23-18-7-1-14(13-22-18)2-8-19(26)24-28/h1-8,13,17,28H,9-12H2,(H,22,23)(H,24,26). The Labute approximate surface area is 161 Å². The van der Waals surface area contributed by atoms with Crippen molar-refractivity contribution in [2.75, 3.05) is 18.4 Å². The van der Waals surface area contributed by atoms with Crippen LogP contribution < -0.4 is 10.8 Å². The second-order valence-corrected chi connectivity index (χ2v) is 6.50. The van der Waals surface area contributed by atoms with Gasteiger partial charge in [0.1, 0.15) is 11.6 Å². The summed E-state index contributed by atoms with van der Waals surface area (Å²) < 4.78 is 13.0. The summed E-state index contributed by atoms with van der Waals surface area (Å²) in [6.45, 7) is 1.23. The molecule has 0 unspecified atom stereocenters. The third-order valence-electron chi connectivity index (χ3n) is 4.55. The van der Waals surface area contributed by atoms with Crippen LogP contribution in [0.15, 0.2) is 48.7 Å². The fourth-order valence-corrected chi connectivity index (χ4v) is 3.01. The molecule has 1 saturated heterocycles. The van der Waals surface area contributed by atoms with Crippen molar-refractivity contribution in [3.05, 3.63) is 65.6 Å². The molecule has 0 aliphatic carbocycles. The topological polar surface area (TPSA) is 94.6 Å². The zero-order valence-electron chi connectivity index (χ0n) is 15.1. The molecule has 0 bridgehead atoms. The number of carbonyl (C=O) groups excluding carboxylic acids is 2. The SMILES string of the molecule is O=C(C=Cc1ccc(NC2CCN(C(=O)c3ccc(F)cc3)CC2)nc1)NO. The van der Waals surface area contributed by atoms with Gasteiger partial charge in [0.25, 0.3) is 11.8 Å². The van der Waals surface area contributed by atoms with Crippen LogP contribution in [0.1, 0.15) is 28.8 Å². The predicted molar refractivity (Wildman–Crippen MR) is 102 cm³/mol. The van der Waals surface area contributed by atoms with E-state index in [0.717, 1.165) is 18.4 Å². The van der Waals surface area contributed by atoms with E-state index in [4.69, 9.17) is 5.21 Å². The number of carbonyl (C=O) groups is 2. The molecule has 1 aromatic heterocycles. The van der Waals surface area contributed by atoms with E-state index in [1.54, 1.807) is 17.2 Å². The van der Waals surface area contributed by atoms with Gasteiger partial charge in [-0.3, -0.25) is 14.8 Å². The molecule has 7 nitrogen and oxygen atoms in total. The minimum atomic E-state index is -0.607. The molecular formula is C20H21FN4O3. The Balaban J connectivity index is 1.50. The summed E-state index contributed by atoms with van der Waals surface area (Å²) in [6.07, 6.45) is 5.94. The molecule has 146 valence electrons. The minimum absolute atomic E-state index is 0.0837. The van der Waals surface area contributed by atoms with Gasteiger partial charge < -0.3 is 10.2 Å². The highest BCUT2D eigenvalue weighted by Gasteiger charge is 2.23. The van der Waals surface area contributed by atoms with Crippen LogP contribution in [-0.4, -0.2) is 46.0 Å². The van der Waals surface area contributed by atoms with Crippen molar-refractivity contribution in [3.8, 4) is 0 Å². The summed E-state index contributed by atoms with van der Waals surface area (Å²) in [6, 6.07) is 9.42. The van der Waals surface area contributed by atoms with Crippen LogP contribution in [0.5, 0.6) is 0 Å². The van der Waals surface area contributed by atoms with Crippen LogP contribution in [0.25, 0.3) is 6.08 Å². The lowest BCUT2D eigenvalue weighted by atomic mass is 10.0. The highest BCUT2D eigenvalue weighted by Crippen LogP contribution is 2.18. The molecular weight excluding hydrogens is 363 g/mol. The monoisotopic (exact) mass is 384 g/mol. The quantitative estimate of drug-likeness (QED) is 0.418. The summed E-state index contributed by atoms with van der Waals surface area (Å²) in [7, 11) is 0. The molecule has 3 rings (SSSR count). The number of piperidine rings is 1. The summed E-state index contributed by atoms with van der Waals surface area (Å²) in [4.78, 5) is 29.5. The number of rotatable bonds is 5. The number of benzene rings is 1. The van der Waals surface area contributed by atoms with Gasteiger partial charge in [-0.25, -0.2) is 14.9 Å². The van der Waals surface area contributed by atoms with Gasteiger partial charge in [0.15, 0.2) is 0 Å². The number of pyridine rings is 1. The van der Waals surface area contributed by atoms with Crippen LogP contribution in [0.4, 0.5) is 10.2 Å². The number of nitrogens with zero attached hydrogens (tertiary/aromatic N) is 2. The van der Waals surface area contributed by atoms with Gasteiger partial charge in [-0.15, -0.1) is 0 Å². The molecule has 28 heavy (non-hydrogen) atoms. The number of hydroxylamine groups is 1. The van der Waals surface area contributed by atoms with Crippen molar-refractivity contribution in [3.63, 3.8) is 0 Å². The molecule has 1 aliphatic heterocycles. The molecule has 2 heterocycles. The molecule has 0 saturated carbocycles. The summed E-state index contributed by atoms with van der Waals surface area (Å²) in [5, 5.41) is 11.8. The molecule has 2 amide bonds. The molecule has 1 fully saturated rings. The molecule has 1 aliphatic rings. The van der Waals surface area contributed by atoms with Crippen molar-refractivity contribution in [1.29, 1.82) is 0 Å². The van der Waals surface area contributed by atoms with Gasteiger partial charge >= 0.3 is 0 Å². The summed E-state index contributed by atoms with van der Waals surface area (Å²) >= 11 is 0. The Kier molecular flexibility index (Phi) is 6.33. The lowest BCUT2D eigenvalue weighted by molar-refractivity contribution is -0.124. The number of aromatic nitrogens is 1. The average molecular weight is 384 g/mol. The number of nitrogens with one attached hydrogen (secondary N) is 2. The van der Waals surface area contributed by atoms with Gasteiger partial charge in [-0.05, 0) is 60.9 Å². The van der Waals surface area contributed by atoms with Crippen LogP contribution in [-0.2, 0) is 4.79 Å². The molecule has 0 spiro atoms. The van der Waals surface area contributed by atoms with Gasteiger partial charge in [0, 0.05) is 37.0 Å². The Bertz CT molecular complexity index is 845. The van der Waals surface area contributed by atoms with E-state index in [2.05, 4.69) is 10.3 Å². The van der Waals surface area contributed by atoms with E-state index in [0.29, 0.717) is 24.5 Å². The first kappa shape index (κ1) is 19.5. The molecule has 0 atom stereocenters. The maximum absolute atomic E-state index is 13.0.